The summed E-state index contributed by atoms with van der Waals surface area (Å²) in [7, 11) is 0. The zero-order valence-electron chi connectivity index (χ0n) is 14.1. The van der Waals surface area contributed by atoms with E-state index in [1.807, 2.05) is 0 Å². The second-order valence-corrected chi connectivity index (χ2v) is 6.40. The lowest BCUT2D eigenvalue weighted by atomic mass is 10.1. The van der Waals surface area contributed by atoms with Crippen molar-refractivity contribution < 1.29 is 13.6 Å². The van der Waals surface area contributed by atoms with Crippen LogP contribution in [0.2, 0.25) is 0 Å². The van der Waals surface area contributed by atoms with Gasteiger partial charge in [0.15, 0.2) is 11.5 Å². The molecule has 0 aliphatic carbocycles. The number of amides is 1. The van der Waals surface area contributed by atoms with Crippen molar-refractivity contribution in [3.05, 3.63) is 71.5 Å². The van der Waals surface area contributed by atoms with Crippen LogP contribution in [0.1, 0.15) is 16.1 Å². The smallest absolute Gasteiger partial charge is 0.295 e. The number of carbonyl (C=O) groups excluding carboxylic acids is 1. The molecule has 0 aliphatic rings. The van der Waals surface area contributed by atoms with Crippen molar-refractivity contribution in [2.24, 2.45) is 0 Å². The van der Waals surface area contributed by atoms with Gasteiger partial charge in [0.25, 0.3) is 5.91 Å². The van der Waals surface area contributed by atoms with Crippen LogP contribution in [-0.2, 0) is 0 Å². The first-order valence-electron chi connectivity index (χ1n) is 7.97. The van der Waals surface area contributed by atoms with Crippen molar-refractivity contribution in [3.63, 3.8) is 0 Å². The summed E-state index contributed by atoms with van der Waals surface area (Å²) in [6.45, 7) is 0. The Kier molecular flexibility index (Phi) is 4.62. The summed E-state index contributed by atoms with van der Waals surface area (Å²) in [5.41, 5.74) is 2.15. The van der Waals surface area contributed by atoms with Crippen LogP contribution in [0.25, 0.3) is 22.6 Å². The molecule has 0 bridgehead atoms. The van der Waals surface area contributed by atoms with Crippen molar-refractivity contribution in [2.45, 2.75) is 0 Å². The summed E-state index contributed by atoms with van der Waals surface area (Å²) in [4.78, 5) is 25.1. The van der Waals surface area contributed by atoms with Crippen LogP contribution in [0, 0.1) is 17.1 Å². The highest BCUT2D eigenvalue weighted by Gasteiger charge is 2.20. The molecule has 0 atom stereocenters. The minimum atomic E-state index is -0.542. The van der Waals surface area contributed by atoms with Gasteiger partial charge in [-0.25, -0.2) is 14.4 Å². The molecule has 3 heterocycles. The van der Waals surface area contributed by atoms with Crippen molar-refractivity contribution >= 4 is 22.4 Å². The number of halogens is 1. The Balaban J connectivity index is 1.58. The predicted molar refractivity (Wildman–Crippen MR) is 99.9 cm³/mol. The van der Waals surface area contributed by atoms with E-state index in [1.54, 1.807) is 23.7 Å². The molecule has 0 saturated heterocycles. The van der Waals surface area contributed by atoms with E-state index < -0.39 is 5.91 Å². The van der Waals surface area contributed by atoms with Crippen LogP contribution in [0.4, 0.5) is 9.52 Å². The largest absolute Gasteiger partial charge is 0.438 e. The Labute approximate surface area is 162 Å². The van der Waals surface area contributed by atoms with E-state index in [1.165, 1.54) is 35.6 Å². The summed E-state index contributed by atoms with van der Waals surface area (Å²) < 4.78 is 18.3. The number of benzene rings is 1. The highest BCUT2D eigenvalue weighted by atomic mass is 32.1. The molecule has 0 saturated carbocycles. The summed E-state index contributed by atoms with van der Waals surface area (Å²) in [5.74, 6) is -0.946. The number of rotatable bonds is 4. The van der Waals surface area contributed by atoms with Gasteiger partial charge in [-0.2, -0.15) is 5.26 Å². The van der Waals surface area contributed by atoms with Crippen LogP contribution in [0.15, 0.2) is 58.8 Å². The maximum Gasteiger partial charge on any atom is 0.295 e. The van der Waals surface area contributed by atoms with E-state index in [9.17, 15) is 14.4 Å². The second-order valence-electron chi connectivity index (χ2n) is 5.54. The maximum atomic E-state index is 13.1. The molecule has 4 aromatic rings. The van der Waals surface area contributed by atoms with Crippen LogP contribution >= 0.6 is 11.3 Å². The third-order valence-electron chi connectivity index (χ3n) is 3.79. The van der Waals surface area contributed by atoms with E-state index in [2.05, 4.69) is 26.3 Å². The number of nitriles is 1. The first-order chi connectivity index (χ1) is 13.7. The van der Waals surface area contributed by atoms with Crippen LogP contribution in [-0.4, -0.2) is 20.9 Å². The Morgan fingerprint density at radius 1 is 1.18 bits per heavy atom. The van der Waals surface area contributed by atoms with Gasteiger partial charge in [-0.05, 0) is 36.4 Å². The number of carbonyl (C=O) groups is 1. The Bertz CT molecular complexity index is 1190. The maximum absolute atomic E-state index is 13.1. The minimum absolute atomic E-state index is 0.0149. The van der Waals surface area contributed by atoms with Gasteiger partial charge in [-0.15, -0.1) is 11.3 Å². The number of hydrogen-bond acceptors (Lipinski definition) is 7. The molecule has 0 radical (unpaired) electrons. The average molecular weight is 391 g/mol. The van der Waals surface area contributed by atoms with Gasteiger partial charge in [0.1, 0.15) is 29.0 Å². The zero-order valence-corrected chi connectivity index (χ0v) is 14.9. The molecular formula is C19H10FN5O2S. The van der Waals surface area contributed by atoms with Crippen molar-refractivity contribution in [3.8, 4) is 28.7 Å². The molecule has 136 valence electrons. The summed E-state index contributed by atoms with van der Waals surface area (Å²) in [6.07, 6.45) is 2.71. The van der Waals surface area contributed by atoms with Crippen LogP contribution in [0.5, 0.6) is 0 Å². The van der Waals surface area contributed by atoms with Crippen LogP contribution in [0.3, 0.4) is 0 Å². The number of aromatic nitrogens is 3. The molecule has 28 heavy (non-hydrogen) atoms. The first-order valence-corrected chi connectivity index (χ1v) is 8.85. The highest BCUT2D eigenvalue weighted by Crippen LogP contribution is 2.27. The lowest BCUT2D eigenvalue weighted by Crippen LogP contribution is -2.12. The molecule has 3 aromatic heterocycles. The third-order valence-corrected chi connectivity index (χ3v) is 4.54. The quantitative estimate of drug-likeness (QED) is 0.561. The molecule has 1 N–H and O–H groups in total. The van der Waals surface area contributed by atoms with Gasteiger partial charge in [0.05, 0.1) is 5.56 Å². The molecule has 4 rings (SSSR count). The predicted octanol–water partition coefficient (Wildman–Crippen LogP) is 4.12. The standard InChI is InChI=1S/C19H10FN5O2S/c20-13-5-3-11(4-6-13)16-17(27-10-23-16)18(26)25-19-24-14(9-28-19)15-12(8-21)2-1-7-22-15/h1-7,9-10H,(H,24,25,26). The van der Waals surface area contributed by atoms with E-state index in [0.29, 0.717) is 33.3 Å². The molecule has 0 spiro atoms. The minimum Gasteiger partial charge on any atom is -0.438 e. The Morgan fingerprint density at radius 3 is 2.79 bits per heavy atom. The molecule has 0 unspecified atom stereocenters. The number of nitrogens with zero attached hydrogens (tertiary/aromatic N) is 4. The van der Waals surface area contributed by atoms with Gasteiger partial charge in [0, 0.05) is 17.1 Å². The average Bonchev–Trinajstić information content (AvgIpc) is 3.38. The fraction of sp³-hybridized carbons (Fsp3) is 0. The third kappa shape index (κ3) is 3.36. The number of anilines is 1. The highest BCUT2D eigenvalue weighted by molar-refractivity contribution is 7.14. The van der Waals surface area contributed by atoms with Crippen molar-refractivity contribution in [1.82, 2.24) is 15.0 Å². The van der Waals surface area contributed by atoms with Gasteiger partial charge in [-0.3, -0.25) is 15.1 Å². The Morgan fingerprint density at radius 2 is 2.00 bits per heavy atom. The molecule has 0 aliphatic heterocycles. The second kappa shape index (κ2) is 7.38. The number of hydrogen-bond donors (Lipinski definition) is 1. The fourth-order valence-electron chi connectivity index (χ4n) is 2.51. The van der Waals surface area contributed by atoms with Crippen molar-refractivity contribution in [2.75, 3.05) is 5.32 Å². The van der Waals surface area contributed by atoms with Gasteiger partial charge < -0.3 is 4.42 Å². The van der Waals surface area contributed by atoms with E-state index >= 15 is 0 Å². The number of oxazole rings is 1. The molecule has 1 aromatic carbocycles. The van der Waals surface area contributed by atoms with E-state index in [4.69, 9.17) is 4.42 Å². The van der Waals surface area contributed by atoms with Gasteiger partial charge in [0.2, 0.25) is 5.76 Å². The molecular weight excluding hydrogens is 381 g/mol. The van der Waals surface area contributed by atoms with Gasteiger partial charge in [-0.1, -0.05) is 0 Å². The van der Waals surface area contributed by atoms with Crippen LogP contribution < -0.4 is 5.32 Å². The summed E-state index contributed by atoms with van der Waals surface area (Å²) >= 11 is 1.19. The summed E-state index contributed by atoms with van der Waals surface area (Å²) in [5, 5.41) is 13.8. The number of pyridine rings is 1. The van der Waals surface area contributed by atoms with Crippen molar-refractivity contribution in [1.29, 1.82) is 5.26 Å². The normalized spacial score (nSPS) is 10.4. The number of nitrogens with one attached hydrogen (secondary N) is 1. The summed E-state index contributed by atoms with van der Waals surface area (Å²) in [6, 6.07) is 10.9. The lowest BCUT2D eigenvalue weighted by Gasteiger charge is -2.02. The topological polar surface area (TPSA) is 105 Å². The molecule has 1 amide bonds. The zero-order chi connectivity index (χ0) is 19.5. The fourth-order valence-corrected chi connectivity index (χ4v) is 3.20. The monoisotopic (exact) mass is 391 g/mol. The molecule has 7 nitrogen and oxygen atoms in total. The number of thiazole rings is 1. The lowest BCUT2D eigenvalue weighted by molar-refractivity contribution is 0.0997. The van der Waals surface area contributed by atoms with Gasteiger partial charge >= 0.3 is 0 Å². The molecule has 0 fully saturated rings. The van der Waals surface area contributed by atoms with E-state index in [-0.39, 0.29) is 11.6 Å². The SMILES string of the molecule is N#Cc1cccnc1-c1csc(NC(=O)c2ocnc2-c2ccc(F)cc2)n1. The van der Waals surface area contributed by atoms with E-state index in [0.717, 1.165) is 6.39 Å². The molecule has 9 heteroatoms. The Hall–Kier alpha value is -3.90. The first kappa shape index (κ1) is 17.5.